The molecule has 1 heteroatoms. The van der Waals surface area contributed by atoms with Gasteiger partial charge in [-0.25, -0.2) is 0 Å². The van der Waals surface area contributed by atoms with Crippen molar-refractivity contribution in [2.45, 2.75) is 0 Å². The highest BCUT2D eigenvalue weighted by Gasteiger charge is 2.30. The molecule has 0 atom stereocenters. The lowest BCUT2D eigenvalue weighted by Gasteiger charge is -2.17. The van der Waals surface area contributed by atoms with Crippen LogP contribution in [0.2, 0.25) is 0 Å². The van der Waals surface area contributed by atoms with E-state index in [2.05, 4.69) is 0 Å². The summed E-state index contributed by atoms with van der Waals surface area (Å²) in [5.74, 6) is 0. The molecule has 0 aliphatic rings. The number of hydrogen-bond donors (Lipinski definition) is 0. The smallest absolute Gasteiger partial charge is 0.0620 e. The number of rotatable bonds is 2. The Morgan fingerprint density at radius 1 is 0.867 bits per heavy atom. The van der Waals surface area contributed by atoms with E-state index in [1.807, 2.05) is 43.7 Å². The van der Waals surface area contributed by atoms with Crippen LogP contribution in [0.4, 0.5) is 0 Å². The van der Waals surface area contributed by atoms with Crippen LogP contribution in [0.15, 0.2) is 60.5 Å². The summed E-state index contributed by atoms with van der Waals surface area (Å²) in [4.78, 5) is 0. The zero-order chi connectivity index (χ0) is 15.1. The summed E-state index contributed by atoms with van der Waals surface area (Å²) in [6, 6.07) is 8.61. The molecule has 0 heterocycles. The van der Waals surface area contributed by atoms with E-state index in [0.29, 0.717) is 5.30 Å². The van der Waals surface area contributed by atoms with Crippen LogP contribution in [-0.4, -0.2) is 13.3 Å². The average molecular weight is 225 g/mol. The molecule has 0 radical (unpaired) electrons. The molecule has 0 saturated heterocycles. The van der Waals surface area contributed by atoms with Gasteiger partial charge in [-0.15, -0.1) is 0 Å². The van der Waals surface area contributed by atoms with Crippen LogP contribution < -0.4 is 10.6 Å². The molecule has 0 aromatic heterocycles. The summed E-state index contributed by atoms with van der Waals surface area (Å²) in [6.07, 6.45) is 0. The zero-order valence-electron chi connectivity index (χ0n) is 13.8. The van der Waals surface area contributed by atoms with Crippen molar-refractivity contribution in [2.24, 2.45) is 0 Å². The highest BCUT2D eigenvalue weighted by Crippen LogP contribution is 2.48. The van der Waals surface area contributed by atoms with Crippen molar-refractivity contribution in [3.63, 3.8) is 0 Å². The largest absolute Gasteiger partial charge is 0.0985 e. The SMILES string of the molecule is [3H]c1c([3H])c([3H])c([P+](C)(C)c2ccccc2)c([3H])c1[3H]. The van der Waals surface area contributed by atoms with Crippen LogP contribution in [-0.2, 0) is 0 Å². The molecule has 0 aliphatic heterocycles. The van der Waals surface area contributed by atoms with E-state index in [0.717, 1.165) is 5.30 Å². The summed E-state index contributed by atoms with van der Waals surface area (Å²) in [6.45, 7) is 3.96. The second kappa shape index (κ2) is 4.16. The van der Waals surface area contributed by atoms with Crippen LogP contribution in [0.3, 0.4) is 0 Å². The standard InChI is InChI=1S/C14H16P/c1-15(2,13-9-5-3-6-10-13)14-11-7-4-8-12-14/h3-12H,1-2H3/q+1/i3T,5T,6T,9T,10T. The summed E-state index contributed by atoms with van der Waals surface area (Å²) < 4.78 is 39.4. The molecule has 0 amide bonds. The van der Waals surface area contributed by atoms with Gasteiger partial charge in [0.25, 0.3) is 0 Å². The molecule has 0 spiro atoms. The fraction of sp³-hybridized carbons (Fsp3) is 0.143. The van der Waals surface area contributed by atoms with Gasteiger partial charge >= 0.3 is 0 Å². The Labute approximate surface area is 99.3 Å². The van der Waals surface area contributed by atoms with Crippen LogP contribution >= 0.6 is 7.26 Å². The van der Waals surface area contributed by atoms with Crippen LogP contribution in [0.5, 0.6) is 0 Å². The third kappa shape index (κ3) is 2.11. The lowest BCUT2D eigenvalue weighted by Crippen LogP contribution is -2.19. The van der Waals surface area contributed by atoms with Gasteiger partial charge < -0.3 is 0 Å². The quantitative estimate of drug-likeness (QED) is 0.689. The highest BCUT2D eigenvalue weighted by atomic mass is 31.2. The molecule has 0 saturated carbocycles. The maximum absolute atomic E-state index is 8.10. The number of benzene rings is 2. The normalized spacial score (nSPS) is 16.0. The lowest BCUT2D eigenvalue weighted by atomic mass is 10.4. The third-order valence-corrected chi connectivity index (χ3v) is 5.38. The predicted octanol–water partition coefficient (Wildman–Crippen LogP) is 2.91. The van der Waals surface area contributed by atoms with Crippen molar-refractivity contribution in [1.82, 2.24) is 0 Å². The Morgan fingerprint density at radius 2 is 1.47 bits per heavy atom. The molecule has 0 nitrogen and oxygen atoms in total. The van der Waals surface area contributed by atoms with E-state index >= 15 is 0 Å². The molecule has 0 N–H and O–H groups in total. The molecule has 2 aromatic rings. The first-order chi connectivity index (χ1) is 9.28. The van der Waals surface area contributed by atoms with Gasteiger partial charge in [-0.2, -0.15) is 0 Å². The molecular weight excluding hydrogens is 199 g/mol. The molecule has 15 heavy (non-hydrogen) atoms. The van der Waals surface area contributed by atoms with E-state index in [-0.39, 0.29) is 30.2 Å². The molecular formula is C14H16P+. The van der Waals surface area contributed by atoms with Crippen molar-refractivity contribution < 1.29 is 6.85 Å². The third-order valence-electron chi connectivity index (χ3n) is 2.45. The van der Waals surface area contributed by atoms with E-state index in [9.17, 15) is 0 Å². The summed E-state index contributed by atoms with van der Waals surface area (Å²) in [5.41, 5.74) is 0. The maximum atomic E-state index is 8.10. The fourth-order valence-electron chi connectivity index (χ4n) is 1.45. The van der Waals surface area contributed by atoms with Gasteiger partial charge in [-0.1, -0.05) is 36.3 Å². The highest BCUT2D eigenvalue weighted by molar-refractivity contribution is 7.88. The lowest BCUT2D eigenvalue weighted by molar-refractivity contribution is 1.73. The van der Waals surface area contributed by atoms with Gasteiger partial charge in [0.05, 0.1) is 38.1 Å². The molecule has 76 valence electrons. The van der Waals surface area contributed by atoms with E-state index in [1.165, 1.54) is 0 Å². The molecule has 0 fully saturated rings. The van der Waals surface area contributed by atoms with Crippen molar-refractivity contribution in [1.29, 1.82) is 0 Å². The minimum atomic E-state index is -1.99. The van der Waals surface area contributed by atoms with Crippen molar-refractivity contribution in [3.8, 4) is 0 Å². The van der Waals surface area contributed by atoms with Crippen LogP contribution in [0.1, 0.15) is 6.85 Å². The Morgan fingerprint density at radius 3 is 2.07 bits per heavy atom. The second-order valence-electron chi connectivity index (χ2n) is 3.76. The Kier molecular flexibility index (Phi) is 1.62. The molecule has 0 unspecified atom stereocenters. The Bertz CT molecular complexity index is 623. The number of hydrogen-bond acceptors (Lipinski definition) is 0. The topological polar surface area (TPSA) is 0 Å². The first kappa shape index (κ1) is 5.82. The summed E-state index contributed by atoms with van der Waals surface area (Å²) in [5, 5.41) is 1.47. The van der Waals surface area contributed by atoms with E-state index in [4.69, 9.17) is 6.85 Å². The Balaban J connectivity index is 2.76. The van der Waals surface area contributed by atoms with Gasteiger partial charge in [0.15, 0.2) is 0 Å². The first-order valence-corrected chi connectivity index (χ1v) is 7.44. The van der Waals surface area contributed by atoms with Gasteiger partial charge in [0, 0.05) is 0 Å². The molecule has 2 aromatic carbocycles. The van der Waals surface area contributed by atoms with Crippen molar-refractivity contribution in [3.05, 3.63) is 60.5 Å². The summed E-state index contributed by atoms with van der Waals surface area (Å²) >= 11 is 0. The van der Waals surface area contributed by atoms with E-state index in [1.54, 1.807) is 0 Å². The molecule has 0 bridgehead atoms. The van der Waals surface area contributed by atoms with Gasteiger partial charge in [0.1, 0.15) is 0 Å². The van der Waals surface area contributed by atoms with E-state index < -0.39 is 7.26 Å². The fourth-order valence-corrected chi connectivity index (χ4v) is 3.30. The summed E-state index contributed by atoms with van der Waals surface area (Å²) in [7, 11) is -1.99. The van der Waals surface area contributed by atoms with Crippen molar-refractivity contribution >= 4 is 17.9 Å². The van der Waals surface area contributed by atoms with Gasteiger partial charge in [-0.3, -0.25) is 0 Å². The van der Waals surface area contributed by atoms with Crippen LogP contribution in [0.25, 0.3) is 0 Å². The molecule has 2 rings (SSSR count). The predicted molar refractivity (Wildman–Crippen MR) is 70.9 cm³/mol. The maximum Gasteiger partial charge on any atom is 0.0985 e. The molecule has 0 aliphatic carbocycles. The average Bonchev–Trinajstić information content (AvgIpc) is 2.44. The van der Waals surface area contributed by atoms with Crippen LogP contribution in [0, 0.1) is 0 Å². The first-order valence-electron chi connectivity index (χ1n) is 7.25. The van der Waals surface area contributed by atoms with Gasteiger partial charge in [-0.05, 0) is 24.2 Å². The second-order valence-corrected chi connectivity index (χ2v) is 7.63. The van der Waals surface area contributed by atoms with Crippen molar-refractivity contribution in [2.75, 3.05) is 13.3 Å². The van der Waals surface area contributed by atoms with Gasteiger partial charge in [0.2, 0.25) is 0 Å². The monoisotopic (exact) mass is 225 g/mol. The zero-order valence-corrected chi connectivity index (χ0v) is 9.73. The Hall–Kier alpha value is -1.13. The minimum absolute atomic E-state index is 0.0850. The minimum Gasteiger partial charge on any atom is -0.0620 e.